The number of hydrogen-bond donors (Lipinski definition) is 1. The Hall–Kier alpha value is -2.41. The summed E-state index contributed by atoms with van der Waals surface area (Å²) in [6, 6.07) is 7.69. The van der Waals surface area contributed by atoms with Gasteiger partial charge in [0.2, 0.25) is 17.7 Å². The molecule has 2 fully saturated rings. The second-order valence-corrected chi connectivity index (χ2v) is 8.10. The summed E-state index contributed by atoms with van der Waals surface area (Å²) in [6.07, 6.45) is 3.72. The molecule has 0 radical (unpaired) electrons. The third-order valence-electron chi connectivity index (χ3n) is 6.11. The maximum absolute atomic E-state index is 12.5. The van der Waals surface area contributed by atoms with Crippen molar-refractivity contribution in [2.75, 3.05) is 34.3 Å². The normalized spacial score (nSPS) is 22.6. The third-order valence-corrected chi connectivity index (χ3v) is 6.11. The molecule has 1 aliphatic carbocycles. The van der Waals surface area contributed by atoms with E-state index in [9.17, 15) is 14.4 Å². The lowest BCUT2D eigenvalue weighted by molar-refractivity contribution is -0.140. The standard InChI is InChI=1S/C22H31N3O4/c1-24(2)18(17-10-6-7-11-19(17)29-3)14-23-20(26)12-13-25-21(27)15-8-4-5-9-16(15)22(25)28/h6-7,10-11,15-16,18H,4-5,8-9,12-14H2,1-3H3,(H,23,26)/t15-,16-,18+/m0/s1. The molecule has 1 saturated heterocycles. The van der Waals surface area contributed by atoms with Crippen LogP contribution in [0.25, 0.3) is 0 Å². The number of fused-ring (bicyclic) bond motifs is 1. The van der Waals surface area contributed by atoms with Crippen LogP contribution >= 0.6 is 0 Å². The molecule has 158 valence electrons. The molecule has 0 unspecified atom stereocenters. The number of carbonyl (C=O) groups is 3. The molecular weight excluding hydrogens is 370 g/mol. The molecule has 3 amide bonds. The predicted molar refractivity (Wildman–Crippen MR) is 109 cm³/mol. The van der Waals surface area contributed by atoms with Gasteiger partial charge in [-0.2, -0.15) is 0 Å². The van der Waals surface area contributed by atoms with Crippen molar-refractivity contribution < 1.29 is 19.1 Å². The molecule has 1 heterocycles. The number of nitrogens with zero attached hydrogens (tertiary/aromatic N) is 2. The molecule has 2 aliphatic rings. The van der Waals surface area contributed by atoms with Gasteiger partial charge in [0, 0.05) is 25.1 Å². The van der Waals surface area contributed by atoms with Crippen LogP contribution in [0.1, 0.15) is 43.7 Å². The molecule has 1 aliphatic heterocycles. The fourth-order valence-electron chi connectivity index (χ4n) is 4.48. The Balaban J connectivity index is 1.55. The Bertz CT molecular complexity index is 740. The second-order valence-electron chi connectivity index (χ2n) is 8.10. The summed E-state index contributed by atoms with van der Waals surface area (Å²) in [5, 5.41) is 2.94. The molecule has 7 nitrogen and oxygen atoms in total. The van der Waals surface area contributed by atoms with E-state index in [4.69, 9.17) is 4.74 Å². The zero-order valence-electron chi connectivity index (χ0n) is 17.5. The van der Waals surface area contributed by atoms with Gasteiger partial charge in [0.05, 0.1) is 25.0 Å². The van der Waals surface area contributed by atoms with Gasteiger partial charge >= 0.3 is 0 Å². The number of rotatable bonds is 8. The van der Waals surface area contributed by atoms with Gasteiger partial charge < -0.3 is 15.0 Å². The first kappa shape index (κ1) is 21.3. The highest BCUT2D eigenvalue weighted by molar-refractivity contribution is 6.05. The Kier molecular flexibility index (Phi) is 6.90. The van der Waals surface area contributed by atoms with E-state index in [0.29, 0.717) is 6.54 Å². The molecule has 29 heavy (non-hydrogen) atoms. The van der Waals surface area contributed by atoms with Crippen LogP contribution in [0.15, 0.2) is 24.3 Å². The number of ether oxygens (including phenoxy) is 1. The fourth-order valence-corrected chi connectivity index (χ4v) is 4.48. The van der Waals surface area contributed by atoms with E-state index in [2.05, 4.69) is 5.32 Å². The van der Waals surface area contributed by atoms with E-state index in [0.717, 1.165) is 37.0 Å². The number of nitrogens with one attached hydrogen (secondary N) is 1. The molecule has 0 bridgehead atoms. The molecule has 1 saturated carbocycles. The Labute approximate surface area is 172 Å². The first-order valence-electron chi connectivity index (χ1n) is 10.3. The number of hydrogen-bond acceptors (Lipinski definition) is 5. The van der Waals surface area contributed by atoms with Crippen molar-refractivity contribution in [3.63, 3.8) is 0 Å². The highest BCUT2D eigenvalue weighted by Gasteiger charge is 2.47. The lowest BCUT2D eigenvalue weighted by Gasteiger charge is -2.26. The Morgan fingerprint density at radius 2 is 1.79 bits per heavy atom. The number of methoxy groups -OCH3 is 1. The summed E-state index contributed by atoms with van der Waals surface area (Å²) in [4.78, 5) is 40.8. The lowest BCUT2D eigenvalue weighted by Crippen LogP contribution is -2.38. The largest absolute Gasteiger partial charge is 0.496 e. The molecule has 0 spiro atoms. The van der Waals surface area contributed by atoms with Gasteiger partial charge in [-0.3, -0.25) is 19.3 Å². The van der Waals surface area contributed by atoms with Crippen LogP contribution in [-0.4, -0.2) is 61.8 Å². The van der Waals surface area contributed by atoms with E-state index in [1.165, 1.54) is 4.90 Å². The van der Waals surface area contributed by atoms with Crippen molar-refractivity contribution in [2.24, 2.45) is 11.8 Å². The van der Waals surface area contributed by atoms with Gasteiger partial charge in [0.1, 0.15) is 5.75 Å². The Morgan fingerprint density at radius 3 is 2.38 bits per heavy atom. The van der Waals surface area contributed by atoms with Crippen molar-refractivity contribution in [3.05, 3.63) is 29.8 Å². The number of benzene rings is 1. The molecule has 1 aromatic rings. The topological polar surface area (TPSA) is 79.0 Å². The average molecular weight is 402 g/mol. The highest BCUT2D eigenvalue weighted by Crippen LogP contribution is 2.38. The van der Waals surface area contributed by atoms with Gasteiger partial charge in [-0.1, -0.05) is 31.0 Å². The summed E-state index contributed by atoms with van der Waals surface area (Å²) < 4.78 is 5.45. The number of carbonyl (C=O) groups excluding carboxylic acids is 3. The van der Waals surface area contributed by atoms with E-state index in [1.54, 1.807) is 7.11 Å². The minimum absolute atomic E-state index is 0.0481. The number of amides is 3. The lowest BCUT2D eigenvalue weighted by atomic mass is 9.81. The van der Waals surface area contributed by atoms with Gasteiger partial charge in [0.25, 0.3) is 0 Å². The zero-order valence-corrected chi connectivity index (χ0v) is 17.5. The summed E-state index contributed by atoms with van der Waals surface area (Å²) in [5.41, 5.74) is 0.995. The van der Waals surface area contributed by atoms with Crippen LogP contribution in [0.5, 0.6) is 5.75 Å². The van der Waals surface area contributed by atoms with Crippen molar-refractivity contribution >= 4 is 17.7 Å². The monoisotopic (exact) mass is 401 g/mol. The smallest absolute Gasteiger partial charge is 0.233 e. The van der Waals surface area contributed by atoms with Gasteiger partial charge in [-0.25, -0.2) is 0 Å². The molecular formula is C22H31N3O4. The van der Waals surface area contributed by atoms with Crippen LogP contribution < -0.4 is 10.1 Å². The minimum atomic E-state index is -0.165. The average Bonchev–Trinajstić information content (AvgIpc) is 2.97. The first-order chi connectivity index (χ1) is 13.9. The van der Waals surface area contributed by atoms with Crippen molar-refractivity contribution in [1.82, 2.24) is 15.1 Å². The van der Waals surface area contributed by atoms with Crippen LogP contribution in [0.4, 0.5) is 0 Å². The van der Waals surface area contributed by atoms with Crippen LogP contribution in [0, 0.1) is 11.8 Å². The summed E-state index contributed by atoms with van der Waals surface area (Å²) >= 11 is 0. The SMILES string of the molecule is COc1ccccc1[C@@H](CNC(=O)CCN1C(=O)[C@H]2CCCC[C@@H]2C1=O)N(C)C. The highest BCUT2D eigenvalue weighted by atomic mass is 16.5. The van der Waals surface area contributed by atoms with E-state index < -0.39 is 0 Å². The summed E-state index contributed by atoms with van der Waals surface area (Å²) in [7, 11) is 5.53. The fraction of sp³-hybridized carbons (Fsp3) is 0.591. The van der Waals surface area contributed by atoms with Crippen LogP contribution in [0.3, 0.4) is 0 Å². The number of imide groups is 1. The number of likely N-dealkylation sites (tertiary alicyclic amines) is 1. The number of likely N-dealkylation sites (N-methyl/N-ethyl adjacent to an activating group) is 1. The molecule has 1 N–H and O–H groups in total. The van der Waals surface area contributed by atoms with E-state index in [1.807, 2.05) is 43.3 Å². The van der Waals surface area contributed by atoms with Crippen molar-refractivity contribution in [3.8, 4) is 5.75 Å². The first-order valence-corrected chi connectivity index (χ1v) is 10.3. The Morgan fingerprint density at radius 1 is 1.17 bits per heavy atom. The zero-order chi connectivity index (χ0) is 21.0. The quantitative estimate of drug-likeness (QED) is 0.674. The minimum Gasteiger partial charge on any atom is -0.496 e. The maximum Gasteiger partial charge on any atom is 0.233 e. The molecule has 0 aromatic heterocycles. The summed E-state index contributed by atoms with van der Waals surface area (Å²) in [5.74, 6) is 0.102. The third kappa shape index (κ3) is 4.61. The molecule has 7 heteroatoms. The molecule has 3 atom stereocenters. The predicted octanol–water partition coefficient (Wildman–Crippen LogP) is 1.98. The molecule has 1 aromatic carbocycles. The van der Waals surface area contributed by atoms with Crippen molar-refractivity contribution in [1.29, 1.82) is 0 Å². The summed E-state index contributed by atoms with van der Waals surface area (Å²) in [6.45, 7) is 0.580. The van der Waals surface area contributed by atoms with Gasteiger partial charge in [-0.15, -0.1) is 0 Å². The van der Waals surface area contributed by atoms with E-state index >= 15 is 0 Å². The second kappa shape index (κ2) is 9.39. The number of para-hydroxylation sites is 1. The molecule has 3 rings (SSSR count). The van der Waals surface area contributed by atoms with Crippen molar-refractivity contribution in [2.45, 2.75) is 38.1 Å². The maximum atomic E-state index is 12.5. The van der Waals surface area contributed by atoms with Crippen LogP contribution in [0.2, 0.25) is 0 Å². The van der Waals surface area contributed by atoms with Gasteiger partial charge in [0.15, 0.2) is 0 Å². The van der Waals surface area contributed by atoms with Crippen LogP contribution in [-0.2, 0) is 14.4 Å². The van der Waals surface area contributed by atoms with E-state index in [-0.39, 0.29) is 48.6 Å². The van der Waals surface area contributed by atoms with Gasteiger partial charge in [-0.05, 0) is 33.0 Å².